The molecule has 0 heterocycles. The fourth-order valence-electron chi connectivity index (χ4n) is 1.29. The summed E-state index contributed by atoms with van der Waals surface area (Å²) < 4.78 is 0. The molecule has 2 nitrogen and oxygen atoms in total. The first-order chi connectivity index (χ1) is 6.77. The van der Waals surface area contributed by atoms with E-state index < -0.39 is 0 Å². The van der Waals surface area contributed by atoms with E-state index in [1.807, 2.05) is 37.3 Å². The SMILES string of the molecule is Cc1cc(C=CCCO)ccc1CO. The summed E-state index contributed by atoms with van der Waals surface area (Å²) in [5.41, 5.74) is 3.16. The van der Waals surface area contributed by atoms with Crippen LogP contribution in [-0.2, 0) is 6.61 Å². The third-order valence-electron chi connectivity index (χ3n) is 2.14. The predicted octanol–water partition coefficient (Wildman–Crippen LogP) is 1.88. The van der Waals surface area contributed by atoms with Crippen molar-refractivity contribution >= 4 is 6.08 Å². The lowest BCUT2D eigenvalue weighted by atomic mass is 10.1. The van der Waals surface area contributed by atoms with Crippen LogP contribution in [0.3, 0.4) is 0 Å². The third-order valence-corrected chi connectivity index (χ3v) is 2.14. The zero-order valence-corrected chi connectivity index (χ0v) is 8.40. The van der Waals surface area contributed by atoms with Gasteiger partial charge >= 0.3 is 0 Å². The number of hydrogen-bond donors (Lipinski definition) is 2. The van der Waals surface area contributed by atoms with Crippen molar-refractivity contribution in [2.24, 2.45) is 0 Å². The number of benzene rings is 1. The van der Waals surface area contributed by atoms with E-state index in [1.54, 1.807) is 0 Å². The summed E-state index contributed by atoms with van der Waals surface area (Å²) in [5, 5.41) is 17.6. The van der Waals surface area contributed by atoms with E-state index in [-0.39, 0.29) is 13.2 Å². The summed E-state index contributed by atoms with van der Waals surface area (Å²) in [4.78, 5) is 0. The second-order valence-corrected chi connectivity index (χ2v) is 3.26. The predicted molar refractivity (Wildman–Crippen MR) is 57.8 cm³/mol. The zero-order valence-electron chi connectivity index (χ0n) is 8.40. The quantitative estimate of drug-likeness (QED) is 0.764. The largest absolute Gasteiger partial charge is 0.396 e. The Hall–Kier alpha value is -1.12. The van der Waals surface area contributed by atoms with Gasteiger partial charge in [0.2, 0.25) is 0 Å². The van der Waals surface area contributed by atoms with Crippen LogP contribution in [0.5, 0.6) is 0 Å². The fourth-order valence-corrected chi connectivity index (χ4v) is 1.29. The lowest BCUT2D eigenvalue weighted by molar-refractivity contribution is 0.281. The van der Waals surface area contributed by atoms with Crippen LogP contribution in [-0.4, -0.2) is 16.8 Å². The maximum atomic E-state index is 8.97. The number of rotatable bonds is 4. The Bertz CT molecular complexity index is 316. The molecule has 0 fully saturated rings. The Morgan fingerprint density at radius 1 is 1.29 bits per heavy atom. The molecule has 0 bridgehead atoms. The molecule has 2 N–H and O–H groups in total. The highest BCUT2D eigenvalue weighted by Gasteiger charge is 1.96. The highest BCUT2D eigenvalue weighted by Crippen LogP contribution is 2.12. The van der Waals surface area contributed by atoms with Crippen LogP contribution in [0.2, 0.25) is 0 Å². The molecule has 1 rings (SSSR count). The second-order valence-electron chi connectivity index (χ2n) is 3.26. The summed E-state index contributed by atoms with van der Waals surface area (Å²) in [6.45, 7) is 2.26. The second kappa shape index (κ2) is 5.58. The van der Waals surface area contributed by atoms with E-state index in [0.29, 0.717) is 6.42 Å². The molecule has 0 radical (unpaired) electrons. The van der Waals surface area contributed by atoms with Crippen molar-refractivity contribution in [1.82, 2.24) is 0 Å². The molecule has 0 amide bonds. The van der Waals surface area contributed by atoms with Crippen molar-refractivity contribution in [3.8, 4) is 0 Å². The van der Waals surface area contributed by atoms with Crippen molar-refractivity contribution in [3.63, 3.8) is 0 Å². The normalized spacial score (nSPS) is 11.1. The maximum Gasteiger partial charge on any atom is 0.0684 e. The van der Waals surface area contributed by atoms with Crippen LogP contribution in [0.4, 0.5) is 0 Å². The van der Waals surface area contributed by atoms with E-state index >= 15 is 0 Å². The van der Waals surface area contributed by atoms with Gasteiger partial charge in [-0.25, -0.2) is 0 Å². The molecular formula is C12H16O2. The minimum atomic E-state index is 0.0897. The summed E-state index contributed by atoms with van der Waals surface area (Å²) in [7, 11) is 0. The molecule has 1 aromatic rings. The molecule has 1 aromatic carbocycles. The summed E-state index contributed by atoms with van der Waals surface area (Å²) in [6.07, 6.45) is 4.60. The minimum absolute atomic E-state index is 0.0897. The molecule has 76 valence electrons. The molecule has 0 saturated heterocycles. The Morgan fingerprint density at radius 3 is 2.64 bits per heavy atom. The number of aryl methyl sites for hydroxylation is 1. The van der Waals surface area contributed by atoms with Crippen molar-refractivity contribution in [1.29, 1.82) is 0 Å². The lowest BCUT2D eigenvalue weighted by Crippen LogP contribution is -1.88. The Labute approximate surface area is 84.5 Å². The molecule has 0 unspecified atom stereocenters. The summed E-state index contributed by atoms with van der Waals surface area (Å²) in [5.74, 6) is 0. The maximum absolute atomic E-state index is 8.97. The van der Waals surface area contributed by atoms with Crippen LogP contribution in [0.25, 0.3) is 6.08 Å². The highest BCUT2D eigenvalue weighted by molar-refractivity contribution is 5.51. The topological polar surface area (TPSA) is 40.5 Å². The summed E-state index contributed by atoms with van der Waals surface area (Å²) >= 11 is 0. The molecule has 0 aliphatic rings. The molecule has 14 heavy (non-hydrogen) atoms. The van der Waals surface area contributed by atoms with Gasteiger partial charge in [-0.15, -0.1) is 0 Å². The van der Waals surface area contributed by atoms with Gasteiger partial charge in [-0.2, -0.15) is 0 Å². The Balaban J connectivity index is 2.76. The van der Waals surface area contributed by atoms with Gasteiger partial charge in [0.15, 0.2) is 0 Å². The van der Waals surface area contributed by atoms with Crippen LogP contribution in [0.15, 0.2) is 24.3 Å². The average Bonchev–Trinajstić information content (AvgIpc) is 2.18. The number of hydrogen-bond acceptors (Lipinski definition) is 2. The van der Waals surface area contributed by atoms with Crippen molar-refractivity contribution in [3.05, 3.63) is 41.0 Å². The van der Waals surface area contributed by atoms with Gasteiger partial charge in [-0.05, 0) is 30.0 Å². The Kier molecular flexibility index (Phi) is 4.36. The molecular weight excluding hydrogens is 176 g/mol. The zero-order chi connectivity index (χ0) is 10.4. The first-order valence-corrected chi connectivity index (χ1v) is 4.75. The summed E-state index contributed by atoms with van der Waals surface area (Å²) in [6, 6.07) is 5.92. The number of aliphatic hydroxyl groups is 2. The molecule has 0 saturated carbocycles. The smallest absolute Gasteiger partial charge is 0.0684 e. The van der Waals surface area contributed by atoms with Gasteiger partial charge in [-0.3, -0.25) is 0 Å². The van der Waals surface area contributed by atoms with Gasteiger partial charge in [0, 0.05) is 6.61 Å². The molecule has 0 aliphatic heterocycles. The van der Waals surface area contributed by atoms with Gasteiger partial charge < -0.3 is 10.2 Å². The van der Waals surface area contributed by atoms with E-state index in [1.165, 1.54) is 0 Å². The Morgan fingerprint density at radius 2 is 2.07 bits per heavy atom. The third kappa shape index (κ3) is 2.98. The molecule has 0 atom stereocenters. The highest BCUT2D eigenvalue weighted by atomic mass is 16.3. The lowest BCUT2D eigenvalue weighted by Gasteiger charge is -2.02. The van der Waals surface area contributed by atoms with Crippen LogP contribution >= 0.6 is 0 Å². The fraction of sp³-hybridized carbons (Fsp3) is 0.333. The van der Waals surface area contributed by atoms with Crippen LogP contribution in [0, 0.1) is 6.92 Å². The molecule has 0 aliphatic carbocycles. The van der Waals surface area contributed by atoms with Crippen molar-refractivity contribution < 1.29 is 10.2 Å². The molecule has 0 spiro atoms. The standard InChI is InChI=1S/C12H16O2/c1-10-8-11(4-2-3-7-13)5-6-12(10)9-14/h2,4-6,8,13-14H,3,7,9H2,1H3. The van der Waals surface area contributed by atoms with Crippen LogP contribution in [0.1, 0.15) is 23.1 Å². The molecule has 2 heteroatoms. The number of aliphatic hydroxyl groups excluding tert-OH is 2. The van der Waals surface area contributed by atoms with E-state index in [0.717, 1.165) is 16.7 Å². The minimum Gasteiger partial charge on any atom is -0.396 e. The van der Waals surface area contributed by atoms with Crippen molar-refractivity contribution in [2.75, 3.05) is 6.61 Å². The average molecular weight is 192 g/mol. The van der Waals surface area contributed by atoms with Gasteiger partial charge in [0.1, 0.15) is 0 Å². The van der Waals surface area contributed by atoms with Crippen LogP contribution < -0.4 is 0 Å². The van der Waals surface area contributed by atoms with E-state index in [4.69, 9.17) is 10.2 Å². The monoisotopic (exact) mass is 192 g/mol. The van der Waals surface area contributed by atoms with Crippen molar-refractivity contribution in [2.45, 2.75) is 20.0 Å². The van der Waals surface area contributed by atoms with E-state index in [2.05, 4.69) is 0 Å². The van der Waals surface area contributed by atoms with Gasteiger partial charge in [0.25, 0.3) is 0 Å². The first kappa shape index (κ1) is 11.0. The van der Waals surface area contributed by atoms with Gasteiger partial charge in [0.05, 0.1) is 6.61 Å². The van der Waals surface area contributed by atoms with E-state index in [9.17, 15) is 0 Å². The molecule has 0 aromatic heterocycles. The van der Waals surface area contributed by atoms with Gasteiger partial charge in [-0.1, -0.05) is 30.4 Å². The first-order valence-electron chi connectivity index (χ1n) is 4.75.